The zero-order valence-electron chi connectivity index (χ0n) is 28.7. The van der Waals surface area contributed by atoms with Crippen LogP contribution in [0.15, 0.2) is 73.1 Å². The SMILES string of the molecule is COc1ccc([C@H](Cc2c(Cl)c[nH+]cc2Cl)OC(=O)c2ccc(CNC(C(=O)OCC3CCN(C(C)C)CC3)c3ccccc3)s2)cc1OC. The molecule has 9 nitrogen and oxygen atoms in total. The summed E-state index contributed by atoms with van der Waals surface area (Å²) in [7, 11) is 3.10. The van der Waals surface area contributed by atoms with E-state index in [-0.39, 0.29) is 12.4 Å². The molecule has 12 heteroatoms. The van der Waals surface area contributed by atoms with Crippen LogP contribution in [0.25, 0.3) is 0 Å². The highest BCUT2D eigenvalue weighted by Crippen LogP contribution is 2.36. The van der Waals surface area contributed by atoms with Crippen molar-refractivity contribution in [3.8, 4) is 11.5 Å². The van der Waals surface area contributed by atoms with Crippen LogP contribution < -0.4 is 19.8 Å². The molecule has 0 saturated carbocycles. The van der Waals surface area contributed by atoms with Crippen molar-refractivity contribution in [3.05, 3.63) is 110 Å². The van der Waals surface area contributed by atoms with Gasteiger partial charge >= 0.3 is 11.9 Å². The second-order valence-corrected chi connectivity index (χ2v) is 14.5. The Balaban J connectivity index is 1.26. The van der Waals surface area contributed by atoms with Crippen LogP contribution in [0.4, 0.5) is 0 Å². The van der Waals surface area contributed by atoms with Gasteiger partial charge in [-0.2, -0.15) is 0 Å². The molecule has 4 aromatic rings. The van der Waals surface area contributed by atoms with Crippen LogP contribution in [0.2, 0.25) is 10.0 Å². The molecule has 5 rings (SSSR count). The molecule has 1 aliphatic rings. The topological polar surface area (TPSA) is 100 Å². The predicted octanol–water partition coefficient (Wildman–Crippen LogP) is 7.52. The second-order valence-electron chi connectivity index (χ2n) is 12.5. The smallest absolute Gasteiger partial charge is 0.348 e. The molecule has 2 atom stereocenters. The van der Waals surface area contributed by atoms with Crippen molar-refractivity contribution in [2.75, 3.05) is 33.9 Å². The molecular formula is C38H44Cl2N3O6S+. The highest BCUT2D eigenvalue weighted by atomic mass is 35.5. The summed E-state index contributed by atoms with van der Waals surface area (Å²) in [5.41, 5.74) is 2.14. The standard InChI is InChI=1S/C38H43Cl2N3O6S/c1-24(2)43-16-14-25(15-17-43)23-48-38(45)36(26-8-6-5-7-9-26)42-20-28-11-13-35(50-28)37(44)49-33(19-29-30(39)21-41-22-31(29)40)27-10-12-32(46-3)34(18-27)47-4/h5-13,18,21-22,24-25,33,36,42H,14-17,19-20,23H2,1-4H3/p+1/t33-,36?/m0/s1. The van der Waals surface area contributed by atoms with E-state index in [9.17, 15) is 9.59 Å². The van der Waals surface area contributed by atoms with Crippen LogP contribution in [-0.2, 0) is 27.2 Å². The summed E-state index contributed by atoms with van der Waals surface area (Å²) in [6.45, 7) is 7.22. The molecule has 2 N–H and O–H groups in total. The number of piperidine rings is 1. The van der Waals surface area contributed by atoms with Gasteiger partial charge in [0, 0.05) is 29.4 Å². The van der Waals surface area contributed by atoms with Crippen LogP contribution in [0.3, 0.4) is 0 Å². The zero-order chi connectivity index (χ0) is 35.6. The number of methoxy groups -OCH3 is 2. The van der Waals surface area contributed by atoms with E-state index in [0.717, 1.165) is 36.4 Å². The number of ether oxygens (including phenoxy) is 4. The Morgan fingerprint density at radius 1 is 0.940 bits per heavy atom. The number of H-pyrrole nitrogens is 1. The van der Waals surface area contributed by atoms with Gasteiger partial charge in [-0.3, -0.25) is 5.32 Å². The lowest BCUT2D eigenvalue weighted by molar-refractivity contribution is -0.377. The fourth-order valence-corrected chi connectivity index (χ4v) is 7.39. The van der Waals surface area contributed by atoms with Gasteiger partial charge in [0.25, 0.3) is 0 Å². The lowest BCUT2D eigenvalue weighted by atomic mass is 9.97. The number of likely N-dealkylation sites (tertiary alicyclic amines) is 1. The van der Waals surface area contributed by atoms with Crippen molar-refractivity contribution < 1.29 is 33.5 Å². The van der Waals surface area contributed by atoms with Gasteiger partial charge in [-0.15, -0.1) is 11.3 Å². The molecule has 1 fully saturated rings. The van der Waals surface area contributed by atoms with Crippen molar-refractivity contribution in [1.82, 2.24) is 10.2 Å². The van der Waals surface area contributed by atoms with E-state index in [2.05, 4.69) is 29.0 Å². The molecule has 3 heterocycles. The van der Waals surface area contributed by atoms with Crippen molar-refractivity contribution in [1.29, 1.82) is 0 Å². The van der Waals surface area contributed by atoms with Crippen LogP contribution >= 0.6 is 34.5 Å². The minimum Gasteiger partial charge on any atom is -0.493 e. The molecular weight excluding hydrogens is 697 g/mol. The number of thiophene rings is 1. The van der Waals surface area contributed by atoms with Gasteiger partial charge in [-0.1, -0.05) is 59.6 Å². The average molecular weight is 742 g/mol. The van der Waals surface area contributed by atoms with Crippen molar-refractivity contribution >= 4 is 46.5 Å². The number of aromatic nitrogens is 1. The number of aromatic amines is 1. The van der Waals surface area contributed by atoms with Gasteiger partial charge in [0.1, 0.15) is 27.1 Å². The summed E-state index contributed by atoms with van der Waals surface area (Å²) in [5.74, 6) is 0.584. The van der Waals surface area contributed by atoms with Gasteiger partial charge in [0.05, 0.1) is 20.8 Å². The molecule has 2 aromatic heterocycles. The Labute approximate surface area is 307 Å². The Kier molecular flexibility index (Phi) is 13.5. The minimum atomic E-state index is -0.738. The number of pyridine rings is 1. The molecule has 0 radical (unpaired) electrons. The minimum absolute atomic E-state index is 0.227. The summed E-state index contributed by atoms with van der Waals surface area (Å²) in [6.07, 6.45) is 4.77. The summed E-state index contributed by atoms with van der Waals surface area (Å²) >= 11 is 14.3. The molecule has 0 bridgehead atoms. The number of carbonyl (C=O) groups excluding carboxylic acids is 2. The average Bonchev–Trinajstić information content (AvgIpc) is 3.61. The molecule has 266 valence electrons. The third-order valence-corrected chi connectivity index (χ3v) is 10.7. The summed E-state index contributed by atoms with van der Waals surface area (Å²) < 4.78 is 22.9. The Morgan fingerprint density at radius 3 is 2.30 bits per heavy atom. The van der Waals surface area contributed by atoms with E-state index in [1.165, 1.54) is 11.3 Å². The van der Waals surface area contributed by atoms with E-state index in [0.29, 0.717) is 62.7 Å². The Hall–Kier alpha value is -3.67. The molecule has 1 unspecified atom stereocenters. The van der Waals surface area contributed by atoms with Gasteiger partial charge in [-0.25, -0.2) is 14.6 Å². The molecule has 1 saturated heterocycles. The number of hydrogen-bond donors (Lipinski definition) is 1. The maximum absolute atomic E-state index is 13.6. The molecule has 0 spiro atoms. The number of hydrogen-bond acceptors (Lipinski definition) is 9. The fraction of sp³-hybridized carbons (Fsp3) is 0.395. The first-order chi connectivity index (χ1) is 24.2. The highest BCUT2D eigenvalue weighted by Gasteiger charge is 2.27. The summed E-state index contributed by atoms with van der Waals surface area (Å²) in [5, 5.41) is 4.21. The maximum Gasteiger partial charge on any atom is 0.348 e. The van der Waals surface area contributed by atoms with E-state index in [1.54, 1.807) is 44.8 Å². The lowest BCUT2D eigenvalue weighted by Crippen LogP contribution is -2.40. The summed E-state index contributed by atoms with van der Waals surface area (Å²) in [6, 6.07) is 18.3. The van der Waals surface area contributed by atoms with Gasteiger partial charge < -0.3 is 23.8 Å². The number of nitrogens with zero attached hydrogens (tertiary/aromatic N) is 1. The lowest BCUT2D eigenvalue weighted by Gasteiger charge is -2.34. The Morgan fingerprint density at radius 2 is 1.64 bits per heavy atom. The molecule has 50 heavy (non-hydrogen) atoms. The number of carbonyl (C=O) groups is 2. The second kappa shape index (κ2) is 18.0. The van der Waals surface area contributed by atoms with Crippen molar-refractivity contribution in [3.63, 3.8) is 0 Å². The summed E-state index contributed by atoms with van der Waals surface area (Å²) in [4.78, 5) is 33.7. The third-order valence-electron chi connectivity index (χ3n) is 8.97. The third kappa shape index (κ3) is 9.76. The molecule has 0 amide bonds. The number of rotatable bonds is 15. The largest absolute Gasteiger partial charge is 0.493 e. The van der Waals surface area contributed by atoms with Crippen molar-refractivity contribution in [2.24, 2.45) is 5.92 Å². The first-order valence-electron chi connectivity index (χ1n) is 16.7. The van der Waals surface area contributed by atoms with Gasteiger partial charge in [0.15, 0.2) is 23.9 Å². The highest BCUT2D eigenvalue weighted by molar-refractivity contribution is 7.13. The van der Waals surface area contributed by atoms with E-state index < -0.39 is 18.1 Å². The van der Waals surface area contributed by atoms with Crippen LogP contribution in [0.5, 0.6) is 11.5 Å². The number of benzene rings is 2. The number of esters is 2. The fourth-order valence-electron chi connectivity index (χ4n) is 6.01. The number of halogens is 2. The number of nitrogens with one attached hydrogen (secondary N) is 2. The zero-order valence-corrected chi connectivity index (χ0v) is 31.1. The first kappa shape index (κ1) is 37.6. The van der Waals surface area contributed by atoms with Gasteiger partial charge in [0.2, 0.25) is 0 Å². The Bertz CT molecular complexity index is 1710. The molecule has 2 aromatic carbocycles. The normalized spacial score (nSPS) is 15.0. The first-order valence-corrected chi connectivity index (χ1v) is 18.3. The van der Waals surface area contributed by atoms with E-state index >= 15 is 0 Å². The monoisotopic (exact) mass is 740 g/mol. The van der Waals surface area contributed by atoms with E-state index in [4.69, 9.17) is 42.1 Å². The molecule has 1 aliphatic heterocycles. The maximum atomic E-state index is 13.6. The van der Waals surface area contributed by atoms with E-state index in [1.807, 2.05) is 42.5 Å². The van der Waals surface area contributed by atoms with Crippen LogP contribution in [0.1, 0.15) is 70.1 Å². The quantitative estimate of drug-likeness (QED) is 0.125. The van der Waals surface area contributed by atoms with Crippen LogP contribution in [-0.4, -0.2) is 56.8 Å². The van der Waals surface area contributed by atoms with Gasteiger partial charge in [-0.05, 0) is 81.1 Å². The molecule has 0 aliphatic carbocycles. The predicted molar refractivity (Wildman–Crippen MR) is 195 cm³/mol. The van der Waals surface area contributed by atoms with Crippen molar-refractivity contribution in [2.45, 2.75) is 57.8 Å². The van der Waals surface area contributed by atoms with Crippen LogP contribution in [0, 0.1) is 5.92 Å².